The summed E-state index contributed by atoms with van der Waals surface area (Å²) in [6.07, 6.45) is 0. The fourth-order valence-corrected chi connectivity index (χ4v) is 1.79. The lowest BCUT2D eigenvalue weighted by atomic mass is 10.2. The summed E-state index contributed by atoms with van der Waals surface area (Å²) >= 11 is 0. The number of hydrogen-bond acceptors (Lipinski definition) is 2. The molecule has 88 valence electrons. The number of hydrogen-bond donors (Lipinski definition) is 0. The van der Waals surface area contributed by atoms with Crippen molar-refractivity contribution in [3.8, 4) is 0 Å². The molecule has 4 heteroatoms. The van der Waals surface area contributed by atoms with Crippen LogP contribution in [-0.2, 0) is 0 Å². The van der Waals surface area contributed by atoms with Crippen molar-refractivity contribution in [3.63, 3.8) is 0 Å². The fourth-order valence-electron chi connectivity index (χ4n) is 1.79. The highest BCUT2D eigenvalue weighted by molar-refractivity contribution is 5.05. The number of rotatable bonds is 3. The average molecular weight is 218 g/mol. The van der Waals surface area contributed by atoms with E-state index in [1.54, 1.807) is 4.90 Å². The van der Waals surface area contributed by atoms with Gasteiger partial charge in [-0.15, -0.1) is 0 Å². The van der Waals surface area contributed by atoms with Crippen molar-refractivity contribution in [2.24, 2.45) is 0 Å². The van der Waals surface area contributed by atoms with E-state index in [1.807, 2.05) is 0 Å². The van der Waals surface area contributed by atoms with Gasteiger partial charge in [-0.2, -0.15) is 0 Å². The molecule has 0 spiro atoms. The Labute approximate surface area is 90.5 Å². The zero-order valence-corrected chi connectivity index (χ0v) is 9.76. The third-order valence-corrected chi connectivity index (χ3v) is 2.93. The molecular formula is C11H20F2N2. The van der Waals surface area contributed by atoms with E-state index in [2.05, 4.69) is 25.3 Å². The van der Waals surface area contributed by atoms with E-state index in [4.69, 9.17) is 0 Å². The molecule has 0 aromatic heterocycles. The number of nitrogens with zero attached hydrogens (tertiary/aromatic N) is 2. The molecule has 1 heterocycles. The van der Waals surface area contributed by atoms with Gasteiger partial charge in [-0.3, -0.25) is 4.90 Å². The fraction of sp³-hybridized carbons (Fsp3) is 0.818. The maximum Gasteiger partial charge on any atom is 0.284 e. The minimum atomic E-state index is -2.79. The molecule has 2 nitrogen and oxygen atoms in total. The lowest BCUT2D eigenvalue weighted by Gasteiger charge is -2.39. The van der Waals surface area contributed by atoms with Crippen LogP contribution in [0.1, 0.15) is 20.8 Å². The Morgan fingerprint density at radius 3 is 2.00 bits per heavy atom. The first-order valence-electron chi connectivity index (χ1n) is 5.38. The Morgan fingerprint density at radius 1 is 1.20 bits per heavy atom. The monoisotopic (exact) mass is 218 g/mol. The maximum atomic E-state index is 13.0. The standard InChI is InChI=1S/C11H20F2N2/c1-9(2)14-5-7-15(8-6-14)10(3)11(4,12)13/h9H,3,5-8H2,1-2,4H3. The normalized spacial score (nSPS) is 19.7. The van der Waals surface area contributed by atoms with Gasteiger partial charge in [0.25, 0.3) is 5.92 Å². The minimum absolute atomic E-state index is 0.0501. The summed E-state index contributed by atoms with van der Waals surface area (Å²) in [5.74, 6) is -2.79. The molecule has 0 unspecified atom stereocenters. The summed E-state index contributed by atoms with van der Waals surface area (Å²) in [4.78, 5) is 3.98. The van der Waals surface area contributed by atoms with Crippen LogP contribution >= 0.6 is 0 Å². The zero-order chi connectivity index (χ0) is 11.6. The van der Waals surface area contributed by atoms with Crippen LogP contribution in [0, 0.1) is 0 Å². The van der Waals surface area contributed by atoms with Crippen LogP contribution in [0.3, 0.4) is 0 Å². The average Bonchev–Trinajstić information content (AvgIpc) is 2.15. The molecule has 0 radical (unpaired) electrons. The van der Waals surface area contributed by atoms with Crippen molar-refractivity contribution in [2.45, 2.75) is 32.7 Å². The summed E-state index contributed by atoms with van der Waals surface area (Å²) in [5, 5.41) is 0. The van der Waals surface area contributed by atoms with Crippen LogP contribution in [0.4, 0.5) is 8.78 Å². The maximum absolute atomic E-state index is 13.0. The number of alkyl halides is 2. The molecule has 0 aliphatic carbocycles. The van der Waals surface area contributed by atoms with Gasteiger partial charge in [0.15, 0.2) is 0 Å². The van der Waals surface area contributed by atoms with Gasteiger partial charge in [0.2, 0.25) is 0 Å². The molecule has 1 fully saturated rings. The van der Waals surface area contributed by atoms with E-state index in [-0.39, 0.29) is 5.70 Å². The highest BCUT2D eigenvalue weighted by atomic mass is 19.3. The summed E-state index contributed by atoms with van der Waals surface area (Å²) in [6.45, 7) is 11.6. The predicted molar refractivity (Wildman–Crippen MR) is 58.0 cm³/mol. The Hall–Kier alpha value is -0.640. The Kier molecular flexibility index (Phi) is 3.71. The van der Waals surface area contributed by atoms with E-state index in [1.165, 1.54) is 0 Å². The van der Waals surface area contributed by atoms with Gasteiger partial charge in [0.05, 0.1) is 5.70 Å². The van der Waals surface area contributed by atoms with E-state index in [9.17, 15) is 8.78 Å². The molecule has 1 aliphatic heterocycles. The van der Waals surface area contributed by atoms with Gasteiger partial charge in [0, 0.05) is 39.1 Å². The van der Waals surface area contributed by atoms with Crippen molar-refractivity contribution in [2.75, 3.05) is 26.2 Å². The molecule has 1 rings (SSSR count). The molecule has 0 saturated carbocycles. The van der Waals surface area contributed by atoms with Gasteiger partial charge in [0.1, 0.15) is 0 Å². The minimum Gasteiger partial charge on any atom is -0.368 e. The Morgan fingerprint density at radius 2 is 1.67 bits per heavy atom. The second-order valence-corrected chi connectivity index (χ2v) is 4.45. The van der Waals surface area contributed by atoms with Crippen molar-refractivity contribution in [1.82, 2.24) is 9.80 Å². The summed E-state index contributed by atoms with van der Waals surface area (Å²) in [6, 6.07) is 0.488. The molecule has 0 amide bonds. The van der Waals surface area contributed by atoms with Gasteiger partial charge in [-0.05, 0) is 13.8 Å². The molecule has 15 heavy (non-hydrogen) atoms. The lowest BCUT2D eigenvalue weighted by molar-refractivity contribution is 0.0164. The number of allylic oxidation sites excluding steroid dienone is 1. The van der Waals surface area contributed by atoms with E-state index in [0.717, 1.165) is 20.0 Å². The first kappa shape index (κ1) is 12.4. The van der Waals surface area contributed by atoms with Crippen LogP contribution in [0.5, 0.6) is 0 Å². The molecule has 0 aromatic carbocycles. The predicted octanol–water partition coefficient (Wildman–Crippen LogP) is 2.18. The molecule has 0 aromatic rings. The molecule has 0 N–H and O–H groups in total. The third-order valence-electron chi connectivity index (χ3n) is 2.93. The van der Waals surface area contributed by atoms with Crippen molar-refractivity contribution >= 4 is 0 Å². The second kappa shape index (κ2) is 4.47. The van der Waals surface area contributed by atoms with Crippen molar-refractivity contribution in [3.05, 3.63) is 12.3 Å². The first-order chi connectivity index (χ1) is 6.82. The summed E-state index contributed by atoms with van der Waals surface area (Å²) in [5.41, 5.74) is -0.0501. The summed E-state index contributed by atoms with van der Waals surface area (Å²) in [7, 11) is 0. The molecular weight excluding hydrogens is 198 g/mol. The van der Waals surface area contributed by atoms with Crippen molar-refractivity contribution in [1.29, 1.82) is 0 Å². The van der Waals surface area contributed by atoms with Crippen LogP contribution in [0.15, 0.2) is 12.3 Å². The SMILES string of the molecule is C=C(N1CCN(C(C)C)CC1)C(C)(F)F. The lowest BCUT2D eigenvalue weighted by Crippen LogP contribution is -2.49. The second-order valence-electron chi connectivity index (χ2n) is 4.45. The Balaban J connectivity index is 2.48. The summed E-state index contributed by atoms with van der Waals surface area (Å²) < 4.78 is 26.0. The smallest absolute Gasteiger partial charge is 0.284 e. The zero-order valence-electron chi connectivity index (χ0n) is 9.76. The van der Waals surface area contributed by atoms with Gasteiger partial charge in [-0.25, -0.2) is 8.78 Å². The molecule has 0 bridgehead atoms. The number of piperazine rings is 1. The quantitative estimate of drug-likeness (QED) is 0.716. The topological polar surface area (TPSA) is 6.48 Å². The van der Waals surface area contributed by atoms with Crippen LogP contribution in [0.2, 0.25) is 0 Å². The van der Waals surface area contributed by atoms with Crippen LogP contribution < -0.4 is 0 Å². The molecule has 0 atom stereocenters. The van der Waals surface area contributed by atoms with Gasteiger partial charge in [-0.1, -0.05) is 6.58 Å². The van der Waals surface area contributed by atoms with E-state index in [0.29, 0.717) is 19.1 Å². The van der Waals surface area contributed by atoms with E-state index < -0.39 is 5.92 Å². The van der Waals surface area contributed by atoms with Gasteiger partial charge < -0.3 is 4.90 Å². The molecule has 1 saturated heterocycles. The van der Waals surface area contributed by atoms with Gasteiger partial charge >= 0.3 is 0 Å². The first-order valence-corrected chi connectivity index (χ1v) is 5.38. The molecule has 1 aliphatic rings. The largest absolute Gasteiger partial charge is 0.368 e. The Bertz CT molecular complexity index is 225. The van der Waals surface area contributed by atoms with E-state index >= 15 is 0 Å². The highest BCUT2D eigenvalue weighted by Crippen LogP contribution is 2.25. The van der Waals surface area contributed by atoms with Crippen molar-refractivity contribution < 1.29 is 8.78 Å². The van der Waals surface area contributed by atoms with Crippen LogP contribution in [-0.4, -0.2) is 47.9 Å². The highest BCUT2D eigenvalue weighted by Gasteiger charge is 2.32. The number of halogens is 2. The van der Waals surface area contributed by atoms with Crippen LogP contribution in [0.25, 0.3) is 0 Å². The third kappa shape index (κ3) is 3.16.